The molecule has 0 amide bonds. The number of carbonyl (C=O) groups excluding carboxylic acids is 1. The Hall–Kier alpha value is -1.26. The summed E-state index contributed by atoms with van der Waals surface area (Å²) in [5, 5.41) is 11.9. The largest absolute Gasteiger partial charge is 0.469 e. The molecule has 0 unspecified atom stereocenters. The average Bonchev–Trinajstić information content (AvgIpc) is 1.98. The Balaban J connectivity index is 4.33. The molecule has 0 aliphatic rings. The first kappa shape index (κ1) is 9.74. The summed E-state index contributed by atoms with van der Waals surface area (Å²) in [5.74, 6) is -0.738. The van der Waals surface area contributed by atoms with Crippen LogP contribution in [0.4, 0.5) is 0 Å². The van der Waals surface area contributed by atoms with Gasteiger partial charge in [0.05, 0.1) is 13.2 Å². The molecule has 0 aliphatic heterocycles. The Morgan fingerprint density at radius 1 is 1.82 bits per heavy atom. The van der Waals surface area contributed by atoms with Gasteiger partial charge in [0.1, 0.15) is 0 Å². The molecular weight excluding hydrogens is 150 g/mol. The minimum atomic E-state index is -1.15. The van der Waals surface area contributed by atoms with E-state index in [1.54, 1.807) is 0 Å². The number of aliphatic hydroxyl groups is 1. The number of ether oxygens (including phenoxy) is 1. The summed E-state index contributed by atoms with van der Waals surface area (Å²) >= 11 is 0. The first-order valence-electron chi connectivity index (χ1n) is 2.93. The number of esters is 1. The Bertz CT molecular complexity index is 185. The van der Waals surface area contributed by atoms with Gasteiger partial charge in [0.25, 0.3) is 0 Å². The highest BCUT2D eigenvalue weighted by Crippen LogP contribution is 2.00. The highest BCUT2D eigenvalue weighted by Gasteiger charge is 2.22. The molecule has 0 radical (unpaired) electrons. The number of rotatable bonds is 3. The van der Waals surface area contributed by atoms with Crippen LogP contribution in [0.3, 0.4) is 0 Å². The fraction of sp³-hybridized carbons (Fsp3) is 0.800. The van der Waals surface area contributed by atoms with Crippen LogP contribution >= 0.6 is 0 Å². The topological polar surface area (TPSA) is 95.3 Å². The van der Waals surface area contributed by atoms with Crippen molar-refractivity contribution in [2.75, 3.05) is 7.11 Å². The maximum Gasteiger partial charge on any atom is 0.317 e. The maximum absolute atomic E-state index is 10.7. The number of nitrogens with zero attached hydrogens (tertiary/aromatic N) is 3. The second kappa shape index (κ2) is 4.54. The lowest BCUT2D eigenvalue weighted by Gasteiger charge is -2.10. The van der Waals surface area contributed by atoms with Gasteiger partial charge in [0, 0.05) is 4.91 Å². The zero-order chi connectivity index (χ0) is 8.85. The molecule has 0 aromatic rings. The zero-order valence-corrected chi connectivity index (χ0v) is 6.26. The second-order valence-corrected chi connectivity index (χ2v) is 1.91. The molecule has 0 rings (SSSR count). The molecule has 1 N–H and O–H groups in total. The van der Waals surface area contributed by atoms with Crippen molar-refractivity contribution in [3.63, 3.8) is 0 Å². The van der Waals surface area contributed by atoms with Crippen LogP contribution in [-0.4, -0.2) is 30.3 Å². The number of methoxy groups -OCH3 is 1. The molecule has 2 atom stereocenters. The van der Waals surface area contributed by atoms with Crippen molar-refractivity contribution in [1.29, 1.82) is 0 Å². The molecule has 0 fully saturated rings. The minimum Gasteiger partial charge on any atom is -0.469 e. The van der Waals surface area contributed by atoms with E-state index < -0.39 is 18.1 Å². The van der Waals surface area contributed by atoms with Crippen LogP contribution in [0.15, 0.2) is 5.11 Å². The summed E-state index contributed by atoms with van der Waals surface area (Å²) in [6, 6.07) is -1.15. The van der Waals surface area contributed by atoms with Crippen molar-refractivity contribution >= 4 is 5.97 Å². The number of hydrogen-bond donors (Lipinski definition) is 1. The van der Waals surface area contributed by atoms with Gasteiger partial charge in [0.2, 0.25) is 0 Å². The van der Waals surface area contributed by atoms with E-state index >= 15 is 0 Å². The van der Waals surface area contributed by atoms with E-state index in [0.29, 0.717) is 0 Å². The summed E-state index contributed by atoms with van der Waals surface area (Å²) < 4.78 is 4.26. The molecular formula is C5H9N3O3. The van der Waals surface area contributed by atoms with E-state index in [4.69, 9.17) is 10.6 Å². The van der Waals surface area contributed by atoms with Gasteiger partial charge in [-0.25, -0.2) is 0 Å². The highest BCUT2D eigenvalue weighted by molar-refractivity contribution is 5.76. The quantitative estimate of drug-likeness (QED) is 0.276. The van der Waals surface area contributed by atoms with Crippen LogP contribution in [0, 0.1) is 0 Å². The van der Waals surface area contributed by atoms with Crippen molar-refractivity contribution in [3.05, 3.63) is 10.4 Å². The van der Waals surface area contributed by atoms with Gasteiger partial charge in [-0.2, -0.15) is 0 Å². The van der Waals surface area contributed by atoms with Crippen LogP contribution in [0.1, 0.15) is 6.92 Å². The van der Waals surface area contributed by atoms with Crippen molar-refractivity contribution in [2.24, 2.45) is 5.11 Å². The lowest BCUT2D eigenvalue weighted by molar-refractivity contribution is -0.144. The average molecular weight is 159 g/mol. The third-order valence-corrected chi connectivity index (χ3v) is 1.08. The van der Waals surface area contributed by atoms with E-state index in [2.05, 4.69) is 14.8 Å². The molecule has 0 spiro atoms. The Kier molecular flexibility index (Phi) is 4.02. The van der Waals surface area contributed by atoms with E-state index in [1.165, 1.54) is 6.92 Å². The van der Waals surface area contributed by atoms with Crippen LogP contribution < -0.4 is 0 Å². The summed E-state index contributed by atoms with van der Waals surface area (Å²) in [6.45, 7) is 1.34. The zero-order valence-electron chi connectivity index (χ0n) is 6.26. The van der Waals surface area contributed by atoms with Gasteiger partial charge < -0.3 is 9.84 Å². The van der Waals surface area contributed by atoms with Gasteiger partial charge in [-0.3, -0.25) is 4.79 Å². The molecule has 62 valence electrons. The third kappa shape index (κ3) is 2.88. The van der Waals surface area contributed by atoms with Crippen molar-refractivity contribution in [3.8, 4) is 0 Å². The van der Waals surface area contributed by atoms with E-state index in [-0.39, 0.29) is 0 Å². The van der Waals surface area contributed by atoms with Crippen molar-refractivity contribution < 1.29 is 14.6 Å². The molecule has 0 heterocycles. The van der Waals surface area contributed by atoms with E-state index in [9.17, 15) is 4.79 Å². The van der Waals surface area contributed by atoms with E-state index in [1.807, 2.05) is 0 Å². The molecule has 0 aliphatic carbocycles. The van der Waals surface area contributed by atoms with Crippen LogP contribution in [0.25, 0.3) is 10.4 Å². The van der Waals surface area contributed by atoms with E-state index in [0.717, 1.165) is 7.11 Å². The van der Waals surface area contributed by atoms with Gasteiger partial charge >= 0.3 is 5.97 Å². The maximum atomic E-state index is 10.7. The molecule has 0 saturated carbocycles. The predicted octanol–water partition coefficient (Wildman–Crippen LogP) is 0.219. The molecule has 0 aromatic heterocycles. The first-order valence-corrected chi connectivity index (χ1v) is 2.93. The number of carbonyl (C=O) groups is 1. The molecule has 11 heavy (non-hydrogen) atoms. The van der Waals surface area contributed by atoms with Gasteiger partial charge in [-0.15, -0.1) is 0 Å². The van der Waals surface area contributed by atoms with Gasteiger partial charge in [0.15, 0.2) is 6.04 Å². The summed E-state index contributed by atoms with van der Waals surface area (Å²) in [7, 11) is 1.16. The van der Waals surface area contributed by atoms with Gasteiger partial charge in [-0.05, 0) is 12.5 Å². The Labute approximate surface area is 63.4 Å². The lowest BCUT2D eigenvalue weighted by Crippen LogP contribution is -2.30. The Morgan fingerprint density at radius 3 is 2.64 bits per heavy atom. The van der Waals surface area contributed by atoms with Crippen LogP contribution in [-0.2, 0) is 9.53 Å². The number of azide groups is 1. The third-order valence-electron chi connectivity index (χ3n) is 1.08. The number of aliphatic hydroxyl groups excluding tert-OH is 1. The van der Waals surface area contributed by atoms with Crippen LogP contribution in [0.2, 0.25) is 0 Å². The summed E-state index contributed by atoms with van der Waals surface area (Å²) in [6.07, 6.45) is -1.03. The molecule has 0 bridgehead atoms. The Morgan fingerprint density at radius 2 is 2.36 bits per heavy atom. The fourth-order valence-electron chi connectivity index (χ4n) is 0.517. The summed E-state index contributed by atoms with van der Waals surface area (Å²) in [5.41, 5.74) is 7.97. The molecule has 0 saturated heterocycles. The minimum absolute atomic E-state index is 0.738. The monoisotopic (exact) mass is 159 g/mol. The summed E-state index contributed by atoms with van der Waals surface area (Å²) in [4.78, 5) is 13.1. The normalized spacial score (nSPS) is 14.5. The molecule has 0 aromatic carbocycles. The number of hydrogen-bond acceptors (Lipinski definition) is 4. The fourth-order valence-corrected chi connectivity index (χ4v) is 0.517. The van der Waals surface area contributed by atoms with Gasteiger partial charge in [-0.1, -0.05) is 5.11 Å². The standard InChI is InChI=1S/C5H9N3O3/c1-3(9)4(7-8-6)5(10)11-2/h3-4,9H,1-2H3/t3-,4+/m0/s1. The smallest absolute Gasteiger partial charge is 0.317 e. The van der Waals surface area contributed by atoms with Crippen LogP contribution in [0.5, 0.6) is 0 Å². The highest BCUT2D eigenvalue weighted by atomic mass is 16.5. The van der Waals surface area contributed by atoms with Crippen molar-refractivity contribution in [2.45, 2.75) is 19.1 Å². The van der Waals surface area contributed by atoms with Crippen molar-refractivity contribution in [1.82, 2.24) is 0 Å². The SMILES string of the molecule is COC(=O)[C@H](N=[N+]=[N-])[C@H](C)O. The lowest BCUT2D eigenvalue weighted by atomic mass is 10.2. The first-order chi connectivity index (χ1) is 5.13. The molecule has 6 nitrogen and oxygen atoms in total. The molecule has 6 heteroatoms. The second-order valence-electron chi connectivity index (χ2n) is 1.91. The predicted molar refractivity (Wildman–Crippen MR) is 36.6 cm³/mol.